The standard InChI is InChI=1S/C14H18N2O3/c1-2-19-10-6-5-9-16-13(17)11-7-3-4-8-12(11)15-14(16)18/h3-4,7-8H,2,5-6,9-10H2,1H3,(H,15,18). The second kappa shape index (κ2) is 6.33. The van der Waals surface area contributed by atoms with Crippen LogP contribution in [0.15, 0.2) is 33.9 Å². The highest BCUT2D eigenvalue weighted by molar-refractivity contribution is 5.76. The highest BCUT2D eigenvalue weighted by atomic mass is 16.5. The lowest BCUT2D eigenvalue weighted by Gasteiger charge is -2.06. The van der Waals surface area contributed by atoms with Gasteiger partial charge in [-0.1, -0.05) is 12.1 Å². The molecule has 0 atom stereocenters. The normalized spacial score (nSPS) is 11.0. The summed E-state index contributed by atoms with van der Waals surface area (Å²) in [6.07, 6.45) is 1.59. The number of hydrogen-bond acceptors (Lipinski definition) is 3. The van der Waals surface area contributed by atoms with Crippen LogP contribution in [0.5, 0.6) is 0 Å². The summed E-state index contributed by atoms with van der Waals surface area (Å²) >= 11 is 0. The molecule has 2 aromatic rings. The fourth-order valence-electron chi connectivity index (χ4n) is 2.02. The zero-order valence-electron chi connectivity index (χ0n) is 11.0. The Morgan fingerprint density at radius 2 is 2.00 bits per heavy atom. The van der Waals surface area contributed by atoms with Crippen LogP contribution in [-0.4, -0.2) is 22.8 Å². The van der Waals surface area contributed by atoms with Crippen LogP contribution in [0, 0.1) is 0 Å². The first-order valence-corrected chi connectivity index (χ1v) is 6.53. The molecule has 0 bridgehead atoms. The first-order chi connectivity index (χ1) is 9.24. The Morgan fingerprint density at radius 1 is 1.21 bits per heavy atom. The predicted octanol–water partition coefficient (Wildman–Crippen LogP) is 1.51. The van der Waals surface area contributed by atoms with E-state index in [2.05, 4.69) is 4.98 Å². The molecule has 0 amide bonds. The Balaban J connectivity index is 2.19. The Hall–Kier alpha value is -1.88. The van der Waals surface area contributed by atoms with Gasteiger partial charge in [-0.3, -0.25) is 9.36 Å². The molecule has 5 heteroatoms. The van der Waals surface area contributed by atoms with Crippen LogP contribution in [0.3, 0.4) is 0 Å². The van der Waals surface area contributed by atoms with Gasteiger partial charge in [0, 0.05) is 19.8 Å². The average Bonchev–Trinajstić information content (AvgIpc) is 2.42. The first-order valence-electron chi connectivity index (χ1n) is 6.53. The van der Waals surface area contributed by atoms with E-state index in [-0.39, 0.29) is 11.2 Å². The minimum Gasteiger partial charge on any atom is -0.382 e. The lowest BCUT2D eigenvalue weighted by atomic mass is 10.2. The van der Waals surface area contributed by atoms with Crippen LogP contribution in [0.2, 0.25) is 0 Å². The van der Waals surface area contributed by atoms with E-state index in [1.54, 1.807) is 24.3 Å². The van der Waals surface area contributed by atoms with Gasteiger partial charge >= 0.3 is 5.69 Å². The fourth-order valence-corrected chi connectivity index (χ4v) is 2.02. The molecule has 1 aromatic carbocycles. The molecule has 0 aliphatic rings. The summed E-state index contributed by atoms with van der Waals surface area (Å²) in [6.45, 7) is 3.72. The van der Waals surface area contributed by atoms with Crippen molar-refractivity contribution in [2.75, 3.05) is 13.2 Å². The Bertz CT molecular complexity index is 658. The van der Waals surface area contributed by atoms with Crippen molar-refractivity contribution in [1.82, 2.24) is 9.55 Å². The zero-order chi connectivity index (χ0) is 13.7. The number of aromatic amines is 1. The van der Waals surface area contributed by atoms with E-state index < -0.39 is 0 Å². The topological polar surface area (TPSA) is 64.1 Å². The number of nitrogens with zero attached hydrogens (tertiary/aromatic N) is 1. The fraction of sp³-hybridized carbons (Fsp3) is 0.429. The number of benzene rings is 1. The van der Waals surface area contributed by atoms with E-state index in [4.69, 9.17) is 4.74 Å². The first kappa shape index (κ1) is 13.5. The maximum atomic E-state index is 12.2. The number of fused-ring (bicyclic) bond motifs is 1. The van der Waals surface area contributed by atoms with E-state index in [9.17, 15) is 9.59 Å². The van der Waals surface area contributed by atoms with Gasteiger partial charge in [-0.15, -0.1) is 0 Å². The van der Waals surface area contributed by atoms with Gasteiger partial charge in [0.25, 0.3) is 5.56 Å². The van der Waals surface area contributed by atoms with Crippen molar-refractivity contribution < 1.29 is 4.74 Å². The molecule has 0 saturated carbocycles. The number of aromatic nitrogens is 2. The quantitative estimate of drug-likeness (QED) is 0.802. The molecule has 0 unspecified atom stereocenters. The second-order valence-corrected chi connectivity index (χ2v) is 4.34. The molecule has 0 saturated heterocycles. The third-order valence-electron chi connectivity index (χ3n) is 3.01. The molecular formula is C14H18N2O3. The molecule has 1 heterocycles. The summed E-state index contributed by atoms with van der Waals surface area (Å²) in [5.74, 6) is 0. The number of nitrogens with one attached hydrogen (secondary N) is 1. The van der Waals surface area contributed by atoms with E-state index in [0.717, 1.165) is 12.8 Å². The minimum atomic E-state index is -0.347. The van der Waals surface area contributed by atoms with E-state index >= 15 is 0 Å². The van der Waals surface area contributed by atoms with Crippen molar-refractivity contribution in [3.05, 3.63) is 45.1 Å². The molecule has 1 aromatic heterocycles. The van der Waals surface area contributed by atoms with E-state index in [1.807, 2.05) is 6.92 Å². The van der Waals surface area contributed by atoms with E-state index in [0.29, 0.717) is 30.7 Å². The molecule has 0 fully saturated rings. The van der Waals surface area contributed by atoms with Crippen LogP contribution in [-0.2, 0) is 11.3 Å². The molecule has 2 rings (SSSR count). The van der Waals surface area contributed by atoms with Crippen LogP contribution in [0.4, 0.5) is 0 Å². The Kier molecular flexibility index (Phi) is 4.52. The van der Waals surface area contributed by atoms with Crippen molar-refractivity contribution in [1.29, 1.82) is 0 Å². The molecule has 5 nitrogen and oxygen atoms in total. The van der Waals surface area contributed by atoms with Gasteiger partial charge in [0.15, 0.2) is 0 Å². The molecular weight excluding hydrogens is 244 g/mol. The molecule has 1 N–H and O–H groups in total. The average molecular weight is 262 g/mol. The number of hydrogen-bond donors (Lipinski definition) is 1. The highest BCUT2D eigenvalue weighted by Crippen LogP contribution is 2.03. The third-order valence-corrected chi connectivity index (χ3v) is 3.01. The third kappa shape index (κ3) is 3.12. The summed E-state index contributed by atoms with van der Waals surface area (Å²) in [4.78, 5) is 26.8. The SMILES string of the molecule is CCOCCCCn1c(=O)[nH]c2ccccc2c1=O. The smallest absolute Gasteiger partial charge is 0.328 e. The van der Waals surface area contributed by atoms with Crippen LogP contribution >= 0.6 is 0 Å². The van der Waals surface area contributed by atoms with Gasteiger partial charge in [0.05, 0.1) is 10.9 Å². The van der Waals surface area contributed by atoms with E-state index in [1.165, 1.54) is 4.57 Å². The van der Waals surface area contributed by atoms with Crippen LogP contribution in [0.25, 0.3) is 10.9 Å². The predicted molar refractivity (Wildman–Crippen MR) is 74.6 cm³/mol. The Labute approximate surface area is 110 Å². The monoisotopic (exact) mass is 262 g/mol. The summed E-state index contributed by atoms with van der Waals surface area (Å²) in [5.41, 5.74) is 0.0129. The summed E-state index contributed by atoms with van der Waals surface area (Å²) < 4.78 is 6.49. The van der Waals surface area contributed by atoms with Crippen molar-refractivity contribution in [3.8, 4) is 0 Å². The molecule has 0 spiro atoms. The largest absolute Gasteiger partial charge is 0.382 e. The number of ether oxygens (including phenoxy) is 1. The van der Waals surface area contributed by atoms with Gasteiger partial charge in [0.1, 0.15) is 0 Å². The van der Waals surface area contributed by atoms with Crippen molar-refractivity contribution in [3.63, 3.8) is 0 Å². The summed E-state index contributed by atoms with van der Waals surface area (Å²) in [6, 6.07) is 7.05. The van der Waals surface area contributed by atoms with Crippen molar-refractivity contribution in [2.24, 2.45) is 0 Å². The number of para-hydroxylation sites is 1. The van der Waals surface area contributed by atoms with Gasteiger partial charge < -0.3 is 9.72 Å². The maximum Gasteiger partial charge on any atom is 0.328 e. The van der Waals surface area contributed by atoms with Gasteiger partial charge in [-0.2, -0.15) is 0 Å². The molecule has 102 valence electrons. The van der Waals surface area contributed by atoms with Gasteiger partial charge in [-0.25, -0.2) is 4.79 Å². The molecule has 0 radical (unpaired) electrons. The highest BCUT2D eigenvalue weighted by Gasteiger charge is 2.06. The number of unbranched alkanes of at least 4 members (excludes halogenated alkanes) is 1. The zero-order valence-corrected chi connectivity index (χ0v) is 11.0. The molecule has 0 aliphatic carbocycles. The summed E-state index contributed by atoms with van der Waals surface area (Å²) in [7, 11) is 0. The lowest BCUT2D eigenvalue weighted by molar-refractivity contribution is 0.142. The van der Waals surface area contributed by atoms with Gasteiger partial charge in [0.2, 0.25) is 0 Å². The van der Waals surface area contributed by atoms with Crippen molar-refractivity contribution >= 4 is 10.9 Å². The number of rotatable bonds is 6. The molecule has 19 heavy (non-hydrogen) atoms. The molecule has 0 aliphatic heterocycles. The minimum absolute atomic E-state index is 0.226. The van der Waals surface area contributed by atoms with Crippen LogP contribution in [0.1, 0.15) is 19.8 Å². The number of H-pyrrole nitrogens is 1. The van der Waals surface area contributed by atoms with Crippen molar-refractivity contribution in [2.45, 2.75) is 26.3 Å². The lowest BCUT2D eigenvalue weighted by Crippen LogP contribution is -2.35. The Morgan fingerprint density at radius 3 is 2.79 bits per heavy atom. The maximum absolute atomic E-state index is 12.2. The van der Waals surface area contributed by atoms with Gasteiger partial charge in [-0.05, 0) is 31.9 Å². The second-order valence-electron chi connectivity index (χ2n) is 4.34. The van der Waals surface area contributed by atoms with Crippen LogP contribution < -0.4 is 11.2 Å². The summed E-state index contributed by atoms with van der Waals surface area (Å²) in [5, 5.41) is 0.548.